The lowest BCUT2D eigenvalue weighted by Crippen LogP contribution is -2.32. The number of rotatable bonds is 1. The molecule has 3 aromatic rings. The lowest BCUT2D eigenvalue weighted by atomic mass is 9.94. The lowest BCUT2D eigenvalue weighted by molar-refractivity contribution is 0.538. The van der Waals surface area contributed by atoms with Gasteiger partial charge < -0.3 is 5.32 Å². The molecule has 3 heterocycles. The highest BCUT2D eigenvalue weighted by atomic mass is 15.3. The highest BCUT2D eigenvalue weighted by Gasteiger charge is 2.26. The van der Waals surface area contributed by atoms with E-state index in [2.05, 4.69) is 57.8 Å². The molecule has 0 aliphatic carbocycles. The highest BCUT2D eigenvalue weighted by molar-refractivity contribution is 5.40. The molecule has 1 N–H and O–H groups in total. The van der Waals surface area contributed by atoms with Crippen LogP contribution in [0.1, 0.15) is 34.4 Å². The molecule has 0 saturated carbocycles. The minimum atomic E-state index is 0.0770. The lowest BCUT2D eigenvalue weighted by Gasteiger charge is -2.25. The fraction of sp³-hybridized carbons (Fsp3) is 0.312. The minimum Gasteiger partial charge on any atom is -0.303 e. The second kappa shape index (κ2) is 4.63. The third-order valence-electron chi connectivity index (χ3n) is 4.08. The van der Waals surface area contributed by atoms with E-state index in [-0.39, 0.29) is 6.04 Å². The van der Waals surface area contributed by atoms with Crippen molar-refractivity contribution in [2.75, 3.05) is 6.54 Å². The van der Waals surface area contributed by atoms with Gasteiger partial charge in [0.25, 0.3) is 5.78 Å². The van der Waals surface area contributed by atoms with Gasteiger partial charge in [0.2, 0.25) is 0 Å². The van der Waals surface area contributed by atoms with E-state index >= 15 is 0 Å². The Balaban J connectivity index is 1.92. The molecule has 0 amide bonds. The first kappa shape index (κ1) is 12.5. The normalized spacial score (nSPS) is 17.9. The second-order valence-corrected chi connectivity index (χ2v) is 5.57. The van der Waals surface area contributed by atoms with Crippen molar-refractivity contribution in [3.8, 4) is 0 Å². The molecule has 1 atom stereocenters. The van der Waals surface area contributed by atoms with E-state index < -0.39 is 0 Å². The Morgan fingerprint density at radius 1 is 1.19 bits per heavy atom. The van der Waals surface area contributed by atoms with Crippen molar-refractivity contribution in [3.63, 3.8) is 0 Å². The summed E-state index contributed by atoms with van der Waals surface area (Å²) < 4.78 is 2.05. The average Bonchev–Trinajstić information content (AvgIpc) is 2.90. The molecule has 0 radical (unpaired) electrons. The smallest absolute Gasteiger partial charge is 0.255 e. The maximum atomic E-state index is 4.47. The van der Waals surface area contributed by atoms with Crippen molar-refractivity contribution in [2.45, 2.75) is 26.3 Å². The fourth-order valence-corrected chi connectivity index (χ4v) is 3.18. The zero-order valence-corrected chi connectivity index (χ0v) is 12.2. The topological polar surface area (TPSA) is 55.1 Å². The minimum absolute atomic E-state index is 0.0770. The molecule has 106 valence electrons. The Kier molecular flexibility index (Phi) is 2.75. The van der Waals surface area contributed by atoms with Crippen LogP contribution in [0.3, 0.4) is 0 Å². The maximum absolute atomic E-state index is 4.47. The zero-order chi connectivity index (χ0) is 14.4. The molecular formula is C16H17N5. The van der Waals surface area contributed by atoms with E-state index in [0.717, 1.165) is 30.2 Å². The molecule has 4 rings (SSSR count). The predicted molar refractivity (Wildman–Crippen MR) is 80.2 cm³/mol. The van der Waals surface area contributed by atoms with Crippen LogP contribution in [0.25, 0.3) is 5.78 Å². The Morgan fingerprint density at radius 3 is 2.95 bits per heavy atom. The van der Waals surface area contributed by atoms with Gasteiger partial charge in [-0.2, -0.15) is 0 Å². The Bertz CT molecular complexity index is 821. The summed E-state index contributed by atoms with van der Waals surface area (Å²) in [4.78, 5) is 4.47. The van der Waals surface area contributed by atoms with Gasteiger partial charge in [0, 0.05) is 17.9 Å². The first-order chi connectivity index (χ1) is 10.2. The molecule has 1 aromatic carbocycles. The van der Waals surface area contributed by atoms with Crippen LogP contribution >= 0.6 is 0 Å². The van der Waals surface area contributed by atoms with Crippen molar-refractivity contribution >= 4 is 5.78 Å². The molecule has 21 heavy (non-hydrogen) atoms. The second-order valence-electron chi connectivity index (χ2n) is 5.57. The molecule has 1 unspecified atom stereocenters. The summed E-state index contributed by atoms with van der Waals surface area (Å²) in [5, 5.41) is 12.2. The van der Waals surface area contributed by atoms with Gasteiger partial charge in [-0.25, -0.2) is 4.98 Å². The molecule has 5 heteroatoms. The molecule has 1 aliphatic rings. The number of nitrogens with one attached hydrogen (secondary N) is 1. The summed E-state index contributed by atoms with van der Waals surface area (Å²) in [5.41, 5.74) is 4.76. The summed E-state index contributed by atoms with van der Waals surface area (Å²) in [6.07, 6.45) is 1.06. The summed E-state index contributed by atoms with van der Waals surface area (Å²) >= 11 is 0. The molecule has 0 fully saturated rings. The standard InChI is InChI=1S/C16H17N5/c1-10-9-11(2)21-15(19-20-16(21)18-10)14-13-6-4-3-5-12(13)7-8-17-14/h3-6,9,14,17H,7-8H2,1-2H3. The molecule has 5 nitrogen and oxygen atoms in total. The molecule has 1 aliphatic heterocycles. The SMILES string of the molecule is Cc1cc(C)n2c(C3NCCc4ccccc43)nnc2n1. The highest BCUT2D eigenvalue weighted by Crippen LogP contribution is 2.28. The number of benzene rings is 1. The van der Waals surface area contributed by atoms with Gasteiger partial charge in [0.05, 0.1) is 6.04 Å². The summed E-state index contributed by atoms with van der Waals surface area (Å²) in [6, 6.07) is 10.7. The van der Waals surface area contributed by atoms with Gasteiger partial charge in [0.15, 0.2) is 5.82 Å². The van der Waals surface area contributed by atoms with Gasteiger partial charge in [0.1, 0.15) is 0 Å². The van der Waals surface area contributed by atoms with Crippen molar-refractivity contribution in [1.29, 1.82) is 0 Å². The van der Waals surface area contributed by atoms with Crippen molar-refractivity contribution in [3.05, 3.63) is 58.7 Å². The number of hydrogen-bond donors (Lipinski definition) is 1. The van der Waals surface area contributed by atoms with Crippen molar-refractivity contribution in [1.82, 2.24) is 24.9 Å². The van der Waals surface area contributed by atoms with Gasteiger partial charge in [-0.3, -0.25) is 4.40 Å². The largest absolute Gasteiger partial charge is 0.303 e. The monoisotopic (exact) mass is 279 g/mol. The van der Waals surface area contributed by atoms with Gasteiger partial charge in [-0.15, -0.1) is 10.2 Å². The zero-order valence-electron chi connectivity index (χ0n) is 12.2. The van der Waals surface area contributed by atoms with Crippen LogP contribution in [0.2, 0.25) is 0 Å². The third-order valence-corrected chi connectivity index (χ3v) is 4.08. The van der Waals surface area contributed by atoms with E-state index in [0.29, 0.717) is 5.78 Å². The Hall–Kier alpha value is -2.27. The quantitative estimate of drug-likeness (QED) is 0.740. The number of hydrogen-bond acceptors (Lipinski definition) is 4. The van der Waals surface area contributed by atoms with E-state index in [1.165, 1.54) is 11.1 Å². The summed E-state index contributed by atoms with van der Waals surface area (Å²) in [5.74, 6) is 1.59. The van der Waals surface area contributed by atoms with Gasteiger partial charge >= 0.3 is 0 Å². The predicted octanol–water partition coefficient (Wildman–Crippen LogP) is 1.98. The van der Waals surface area contributed by atoms with Crippen LogP contribution in [0.5, 0.6) is 0 Å². The molecule has 0 saturated heterocycles. The number of aryl methyl sites for hydroxylation is 2. The van der Waals surface area contributed by atoms with E-state index in [9.17, 15) is 0 Å². The van der Waals surface area contributed by atoms with Crippen LogP contribution in [0.15, 0.2) is 30.3 Å². The number of nitrogens with zero attached hydrogens (tertiary/aromatic N) is 4. The third kappa shape index (κ3) is 1.93. The van der Waals surface area contributed by atoms with Crippen LogP contribution in [-0.4, -0.2) is 26.1 Å². The summed E-state index contributed by atoms with van der Waals surface area (Å²) in [6.45, 7) is 5.01. The molecule has 0 bridgehead atoms. The summed E-state index contributed by atoms with van der Waals surface area (Å²) in [7, 11) is 0. The Morgan fingerprint density at radius 2 is 2.05 bits per heavy atom. The van der Waals surface area contributed by atoms with E-state index in [1.54, 1.807) is 0 Å². The molecular weight excluding hydrogens is 262 g/mol. The van der Waals surface area contributed by atoms with E-state index in [1.807, 2.05) is 11.3 Å². The maximum Gasteiger partial charge on any atom is 0.255 e. The van der Waals surface area contributed by atoms with Crippen molar-refractivity contribution < 1.29 is 0 Å². The first-order valence-electron chi connectivity index (χ1n) is 7.24. The number of fused-ring (bicyclic) bond motifs is 2. The first-order valence-corrected chi connectivity index (χ1v) is 7.24. The van der Waals surface area contributed by atoms with Crippen LogP contribution in [0.4, 0.5) is 0 Å². The van der Waals surface area contributed by atoms with Gasteiger partial charge in [-0.05, 0) is 37.5 Å². The van der Waals surface area contributed by atoms with Gasteiger partial charge in [-0.1, -0.05) is 24.3 Å². The van der Waals surface area contributed by atoms with E-state index in [4.69, 9.17) is 0 Å². The fourth-order valence-electron chi connectivity index (χ4n) is 3.18. The molecule has 0 spiro atoms. The van der Waals surface area contributed by atoms with Crippen LogP contribution < -0.4 is 5.32 Å². The van der Waals surface area contributed by atoms with Crippen LogP contribution in [-0.2, 0) is 6.42 Å². The molecule has 2 aromatic heterocycles. The van der Waals surface area contributed by atoms with Crippen molar-refractivity contribution in [2.24, 2.45) is 0 Å². The van der Waals surface area contributed by atoms with Crippen LogP contribution in [0, 0.1) is 13.8 Å². The number of aromatic nitrogens is 4. The Labute approximate surface area is 123 Å². The average molecular weight is 279 g/mol.